The van der Waals surface area contributed by atoms with Crippen molar-refractivity contribution in [2.75, 3.05) is 12.4 Å². The second kappa shape index (κ2) is 6.92. The van der Waals surface area contributed by atoms with E-state index in [-0.39, 0.29) is 11.9 Å². The second-order valence-electron chi connectivity index (χ2n) is 4.03. The second-order valence-corrected chi connectivity index (χ2v) is 5.19. The minimum atomic E-state index is 0.193. The first kappa shape index (κ1) is 13.5. The summed E-state index contributed by atoms with van der Waals surface area (Å²) in [6.45, 7) is 4.84. The molecule has 0 bridgehead atoms. The lowest BCUT2D eigenvalue weighted by molar-refractivity contribution is -0.132. The molecule has 0 radical (unpaired) electrons. The fraction of sp³-hybridized carbons (Fsp3) is 0.583. The maximum Gasteiger partial charge on any atom is 0.227 e. The van der Waals surface area contributed by atoms with Crippen LogP contribution < -0.4 is 0 Å². The van der Waals surface area contributed by atoms with Gasteiger partial charge < -0.3 is 4.90 Å². The number of carbonyl (C=O) groups is 1. The number of nitrogens with zero attached hydrogens (tertiary/aromatic N) is 1. The Labute approximate surface area is 106 Å². The molecule has 0 aliphatic heterocycles. The van der Waals surface area contributed by atoms with Gasteiger partial charge in [-0.15, -0.1) is 11.6 Å². The lowest BCUT2D eigenvalue weighted by Gasteiger charge is -2.26. The topological polar surface area (TPSA) is 20.3 Å². The van der Waals surface area contributed by atoms with E-state index in [0.717, 1.165) is 18.5 Å². The summed E-state index contributed by atoms with van der Waals surface area (Å²) in [5.74, 6) is 0.799. The molecule has 0 saturated heterocycles. The van der Waals surface area contributed by atoms with Gasteiger partial charge in [0.25, 0.3) is 0 Å². The van der Waals surface area contributed by atoms with Crippen LogP contribution in [0.1, 0.15) is 25.8 Å². The van der Waals surface area contributed by atoms with Gasteiger partial charge >= 0.3 is 0 Å². The van der Waals surface area contributed by atoms with E-state index >= 15 is 0 Å². The van der Waals surface area contributed by atoms with Gasteiger partial charge in [0.15, 0.2) is 0 Å². The summed E-state index contributed by atoms with van der Waals surface area (Å²) in [6, 6.07) is 2.25. The smallest absolute Gasteiger partial charge is 0.227 e. The van der Waals surface area contributed by atoms with E-state index in [2.05, 4.69) is 0 Å². The molecule has 0 N–H and O–H groups in total. The fourth-order valence-corrected chi connectivity index (χ4v) is 2.36. The third kappa shape index (κ3) is 4.14. The molecule has 1 rings (SSSR count). The first-order chi connectivity index (χ1) is 7.65. The number of alkyl halides is 1. The first-order valence-electron chi connectivity index (χ1n) is 5.51. The molecule has 4 heteroatoms. The molecule has 1 aromatic rings. The molecule has 1 aromatic heterocycles. The fourth-order valence-electron chi connectivity index (χ4n) is 1.57. The van der Waals surface area contributed by atoms with Crippen LogP contribution in [0.4, 0.5) is 0 Å². The van der Waals surface area contributed by atoms with Gasteiger partial charge in [-0.05, 0) is 42.7 Å². The van der Waals surface area contributed by atoms with Crippen LogP contribution in [0.5, 0.6) is 0 Å². The van der Waals surface area contributed by atoms with Gasteiger partial charge in [-0.3, -0.25) is 4.79 Å². The third-order valence-corrected chi connectivity index (χ3v) is 3.41. The van der Waals surface area contributed by atoms with Crippen molar-refractivity contribution in [3.63, 3.8) is 0 Å². The van der Waals surface area contributed by atoms with E-state index in [9.17, 15) is 4.79 Å². The monoisotopic (exact) mass is 259 g/mol. The molecule has 1 heterocycles. The largest absolute Gasteiger partial charge is 0.340 e. The molecule has 0 unspecified atom stereocenters. The molecule has 0 atom stereocenters. The zero-order valence-electron chi connectivity index (χ0n) is 9.78. The van der Waals surface area contributed by atoms with Crippen LogP contribution in [0.2, 0.25) is 0 Å². The van der Waals surface area contributed by atoms with Crippen LogP contribution in [0, 0.1) is 0 Å². The highest BCUT2D eigenvalue weighted by molar-refractivity contribution is 7.07. The van der Waals surface area contributed by atoms with E-state index in [1.54, 1.807) is 11.3 Å². The Hall–Kier alpha value is -0.540. The molecule has 0 saturated carbocycles. The van der Waals surface area contributed by atoms with Crippen molar-refractivity contribution in [3.05, 3.63) is 22.4 Å². The molecule has 0 spiro atoms. The van der Waals surface area contributed by atoms with Crippen molar-refractivity contribution >= 4 is 28.8 Å². The van der Waals surface area contributed by atoms with Gasteiger partial charge in [0, 0.05) is 18.5 Å². The first-order valence-corrected chi connectivity index (χ1v) is 6.99. The molecule has 16 heavy (non-hydrogen) atoms. The van der Waals surface area contributed by atoms with Crippen molar-refractivity contribution in [2.45, 2.75) is 32.7 Å². The third-order valence-electron chi connectivity index (χ3n) is 2.41. The van der Waals surface area contributed by atoms with E-state index < -0.39 is 0 Å². The zero-order valence-corrected chi connectivity index (χ0v) is 11.4. The molecule has 0 aliphatic carbocycles. The number of amides is 1. The van der Waals surface area contributed by atoms with Gasteiger partial charge in [0.05, 0.1) is 6.42 Å². The lowest BCUT2D eigenvalue weighted by Crippen LogP contribution is -2.38. The Kier molecular flexibility index (Phi) is 5.85. The maximum absolute atomic E-state index is 12.0. The molecule has 0 aliphatic rings. The number of hydrogen-bond donors (Lipinski definition) is 0. The van der Waals surface area contributed by atoms with Crippen LogP contribution in [0.15, 0.2) is 16.8 Å². The van der Waals surface area contributed by atoms with Crippen LogP contribution in [0.25, 0.3) is 0 Å². The summed E-state index contributed by atoms with van der Waals surface area (Å²) < 4.78 is 0. The van der Waals surface area contributed by atoms with E-state index in [1.165, 1.54) is 0 Å². The molecule has 1 amide bonds. The van der Waals surface area contributed by atoms with Gasteiger partial charge in [-0.1, -0.05) is 0 Å². The summed E-state index contributed by atoms with van der Waals surface area (Å²) in [6.07, 6.45) is 1.36. The Morgan fingerprint density at radius 2 is 2.31 bits per heavy atom. The van der Waals surface area contributed by atoms with Gasteiger partial charge in [-0.2, -0.15) is 11.3 Å². The molecule has 0 aromatic carbocycles. The molecule has 0 fully saturated rings. The molecule has 2 nitrogen and oxygen atoms in total. The summed E-state index contributed by atoms with van der Waals surface area (Å²) in [7, 11) is 0. The number of rotatable bonds is 6. The van der Waals surface area contributed by atoms with Crippen molar-refractivity contribution < 1.29 is 4.79 Å². The minimum Gasteiger partial charge on any atom is -0.340 e. The van der Waals surface area contributed by atoms with Crippen LogP contribution in [0.3, 0.4) is 0 Å². The summed E-state index contributed by atoms with van der Waals surface area (Å²) in [4.78, 5) is 13.9. The average molecular weight is 260 g/mol. The maximum atomic E-state index is 12.0. The molecule has 90 valence electrons. The number of halogens is 1. The zero-order chi connectivity index (χ0) is 12.0. The Balaban J connectivity index is 2.53. The normalized spacial score (nSPS) is 10.8. The van der Waals surface area contributed by atoms with E-state index in [4.69, 9.17) is 11.6 Å². The average Bonchev–Trinajstić information content (AvgIpc) is 2.70. The summed E-state index contributed by atoms with van der Waals surface area (Å²) in [5.41, 5.74) is 1.10. The van der Waals surface area contributed by atoms with Crippen molar-refractivity contribution in [3.8, 4) is 0 Å². The molecular weight excluding hydrogens is 242 g/mol. The molecular formula is C12H18ClNOS. The summed E-state index contributed by atoms with van der Waals surface area (Å²) >= 11 is 7.29. The number of carbonyl (C=O) groups excluding carboxylic acids is 1. The highest BCUT2D eigenvalue weighted by Crippen LogP contribution is 2.10. The number of thiophene rings is 1. The van der Waals surface area contributed by atoms with Gasteiger partial charge in [0.1, 0.15) is 0 Å². The SMILES string of the molecule is CC(C)N(CCCCl)C(=O)Cc1ccsc1. The Morgan fingerprint density at radius 1 is 1.56 bits per heavy atom. The van der Waals surface area contributed by atoms with Crippen molar-refractivity contribution in [2.24, 2.45) is 0 Å². The van der Waals surface area contributed by atoms with Crippen LogP contribution in [-0.2, 0) is 11.2 Å². The Morgan fingerprint density at radius 3 is 2.81 bits per heavy atom. The van der Waals surface area contributed by atoms with Gasteiger partial charge in [0.2, 0.25) is 5.91 Å². The highest BCUT2D eigenvalue weighted by atomic mass is 35.5. The predicted molar refractivity (Wildman–Crippen MR) is 70.2 cm³/mol. The predicted octanol–water partition coefficient (Wildman–Crippen LogP) is 3.16. The highest BCUT2D eigenvalue weighted by Gasteiger charge is 2.16. The lowest BCUT2D eigenvalue weighted by atomic mass is 10.2. The minimum absolute atomic E-state index is 0.193. The van der Waals surface area contributed by atoms with Crippen LogP contribution in [-0.4, -0.2) is 29.3 Å². The van der Waals surface area contributed by atoms with E-state index in [0.29, 0.717) is 12.3 Å². The Bertz CT molecular complexity index is 311. The standard InChI is InChI=1S/C12H18ClNOS/c1-10(2)14(6-3-5-13)12(15)8-11-4-7-16-9-11/h4,7,9-10H,3,5-6,8H2,1-2H3. The number of hydrogen-bond acceptors (Lipinski definition) is 2. The van der Waals surface area contributed by atoms with Crippen LogP contribution >= 0.6 is 22.9 Å². The summed E-state index contributed by atoms with van der Waals surface area (Å²) in [5, 5.41) is 4.03. The van der Waals surface area contributed by atoms with Crippen molar-refractivity contribution in [1.29, 1.82) is 0 Å². The van der Waals surface area contributed by atoms with E-state index in [1.807, 2.05) is 35.6 Å². The van der Waals surface area contributed by atoms with Gasteiger partial charge in [-0.25, -0.2) is 0 Å². The quantitative estimate of drug-likeness (QED) is 0.719. The van der Waals surface area contributed by atoms with Crippen molar-refractivity contribution in [1.82, 2.24) is 4.90 Å².